The minimum Gasteiger partial charge on any atom is -0.374 e. The molecule has 0 saturated carbocycles. The zero-order valence-electron chi connectivity index (χ0n) is 13.0. The molecule has 0 aliphatic carbocycles. The lowest BCUT2D eigenvalue weighted by molar-refractivity contribution is 0.145. The number of ether oxygens (including phenoxy) is 1. The Bertz CT molecular complexity index is 715. The van der Waals surface area contributed by atoms with E-state index in [4.69, 9.17) is 16.3 Å². The van der Waals surface area contributed by atoms with Crippen LogP contribution in [0.2, 0.25) is 0 Å². The van der Waals surface area contributed by atoms with E-state index in [-0.39, 0.29) is 0 Å². The summed E-state index contributed by atoms with van der Waals surface area (Å²) in [6.07, 6.45) is 9.77. The number of nitrogens with zero attached hydrogens (tertiary/aromatic N) is 4. The maximum absolute atomic E-state index is 6.11. The molecule has 3 heterocycles. The van der Waals surface area contributed by atoms with E-state index in [2.05, 4.69) is 18.6 Å². The van der Waals surface area contributed by atoms with Crippen molar-refractivity contribution < 1.29 is 4.74 Å². The topological polar surface area (TPSA) is 51.1 Å². The van der Waals surface area contributed by atoms with Gasteiger partial charge in [-0.25, -0.2) is 4.98 Å². The van der Waals surface area contributed by atoms with Crippen molar-refractivity contribution in [3.8, 4) is 0 Å². The molecule has 2 aromatic heterocycles. The third kappa shape index (κ3) is 3.88. The van der Waals surface area contributed by atoms with Gasteiger partial charge in [-0.05, 0) is 31.9 Å². The van der Waals surface area contributed by atoms with Crippen LogP contribution in [0.15, 0.2) is 35.5 Å². The number of anilines is 1. The van der Waals surface area contributed by atoms with Gasteiger partial charge in [0.05, 0.1) is 36.7 Å². The standard InChI is InChI=1S/C16H19ClN4OS/c1-2-3-5-12(17)10-22-11-13-6-4-9-21(13)14-7-8-18-16-15(14)19-23-20-16/h2-3,5,7-8,13H,4,6,9-11H2,1H3. The molecule has 0 aromatic carbocycles. The quantitative estimate of drug-likeness (QED) is 0.742. The van der Waals surface area contributed by atoms with Crippen LogP contribution < -0.4 is 4.90 Å². The van der Waals surface area contributed by atoms with E-state index in [9.17, 15) is 0 Å². The van der Waals surface area contributed by atoms with E-state index >= 15 is 0 Å². The van der Waals surface area contributed by atoms with Crippen molar-refractivity contribution in [2.75, 3.05) is 24.7 Å². The predicted molar refractivity (Wildman–Crippen MR) is 95.1 cm³/mol. The van der Waals surface area contributed by atoms with Crippen molar-refractivity contribution in [2.24, 2.45) is 0 Å². The van der Waals surface area contributed by atoms with Crippen LogP contribution in [0.25, 0.3) is 11.2 Å². The number of allylic oxidation sites excluding steroid dienone is 3. The van der Waals surface area contributed by atoms with E-state index < -0.39 is 0 Å². The first-order chi connectivity index (χ1) is 11.3. The molecule has 0 radical (unpaired) electrons. The van der Waals surface area contributed by atoms with Crippen molar-refractivity contribution in [1.29, 1.82) is 0 Å². The van der Waals surface area contributed by atoms with Gasteiger partial charge in [0.1, 0.15) is 5.52 Å². The van der Waals surface area contributed by atoms with E-state index in [1.165, 1.54) is 11.7 Å². The number of rotatable bonds is 6. The molecule has 0 N–H and O–H groups in total. The number of halogens is 1. The molecule has 5 nitrogen and oxygen atoms in total. The number of aromatic nitrogens is 3. The highest BCUT2D eigenvalue weighted by Gasteiger charge is 2.27. The lowest BCUT2D eigenvalue weighted by atomic mass is 10.2. The number of fused-ring (bicyclic) bond motifs is 1. The van der Waals surface area contributed by atoms with Crippen molar-refractivity contribution in [3.05, 3.63) is 35.5 Å². The molecule has 1 aliphatic heterocycles. The second-order valence-corrected chi connectivity index (χ2v) is 6.42. The molecule has 0 bridgehead atoms. The first-order valence-corrected chi connectivity index (χ1v) is 8.79. The van der Waals surface area contributed by atoms with Crippen LogP contribution >= 0.6 is 23.3 Å². The van der Waals surface area contributed by atoms with Gasteiger partial charge in [0.25, 0.3) is 0 Å². The molecule has 7 heteroatoms. The summed E-state index contributed by atoms with van der Waals surface area (Å²) in [4.78, 5) is 6.62. The molecule has 1 saturated heterocycles. The highest BCUT2D eigenvalue weighted by atomic mass is 35.5. The van der Waals surface area contributed by atoms with E-state index in [0.29, 0.717) is 24.3 Å². The molecular weight excluding hydrogens is 332 g/mol. The third-order valence-electron chi connectivity index (χ3n) is 3.85. The van der Waals surface area contributed by atoms with Gasteiger partial charge in [0.2, 0.25) is 0 Å². The van der Waals surface area contributed by atoms with E-state index in [1.54, 1.807) is 6.20 Å². The molecule has 2 aromatic rings. The van der Waals surface area contributed by atoms with Crippen LogP contribution in [0, 0.1) is 0 Å². The van der Waals surface area contributed by atoms with Crippen LogP contribution in [0.5, 0.6) is 0 Å². The Morgan fingerprint density at radius 3 is 3.30 bits per heavy atom. The van der Waals surface area contributed by atoms with Crippen LogP contribution in [-0.2, 0) is 4.74 Å². The maximum Gasteiger partial charge on any atom is 0.195 e. The maximum atomic E-state index is 6.11. The molecule has 1 fully saturated rings. The summed E-state index contributed by atoms with van der Waals surface area (Å²) in [6, 6.07) is 2.36. The number of hydrogen-bond acceptors (Lipinski definition) is 6. The van der Waals surface area contributed by atoms with Crippen molar-refractivity contribution in [3.63, 3.8) is 0 Å². The second kappa shape index (κ2) is 7.86. The summed E-state index contributed by atoms with van der Waals surface area (Å²) < 4.78 is 14.4. The Kier molecular flexibility index (Phi) is 5.59. The first-order valence-electron chi connectivity index (χ1n) is 7.68. The summed E-state index contributed by atoms with van der Waals surface area (Å²) in [5, 5.41) is 0.711. The average molecular weight is 351 g/mol. The highest BCUT2D eigenvalue weighted by molar-refractivity contribution is 7.00. The Labute approximate surface area is 145 Å². The largest absolute Gasteiger partial charge is 0.374 e. The summed E-state index contributed by atoms with van der Waals surface area (Å²) in [5.41, 5.74) is 2.71. The Morgan fingerprint density at radius 1 is 1.52 bits per heavy atom. The Balaban J connectivity index is 1.65. The molecule has 0 amide bonds. The van der Waals surface area contributed by atoms with Gasteiger partial charge in [0.15, 0.2) is 5.65 Å². The van der Waals surface area contributed by atoms with E-state index in [0.717, 1.165) is 36.2 Å². The van der Waals surface area contributed by atoms with E-state index in [1.807, 2.05) is 31.2 Å². The normalized spacial score (nSPS) is 19.3. The van der Waals surface area contributed by atoms with Gasteiger partial charge in [-0.3, -0.25) is 0 Å². The van der Waals surface area contributed by atoms with Crippen molar-refractivity contribution >= 4 is 40.2 Å². The molecule has 1 atom stereocenters. The SMILES string of the molecule is CC=CC=C(Cl)COCC1CCCN1c1ccnc2nsnc12. The van der Waals surface area contributed by atoms with Gasteiger partial charge in [-0.2, -0.15) is 8.75 Å². The molecule has 122 valence electrons. The number of pyridine rings is 1. The molecule has 0 spiro atoms. The fourth-order valence-corrected chi connectivity index (χ4v) is 3.44. The molecular formula is C16H19ClN4OS. The van der Waals surface area contributed by atoms with Crippen molar-refractivity contribution in [1.82, 2.24) is 13.7 Å². The smallest absolute Gasteiger partial charge is 0.195 e. The molecule has 1 unspecified atom stereocenters. The average Bonchev–Trinajstić information content (AvgIpc) is 3.21. The minimum atomic E-state index is 0.341. The van der Waals surface area contributed by atoms with Crippen molar-refractivity contribution in [2.45, 2.75) is 25.8 Å². The summed E-state index contributed by atoms with van der Waals surface area (Å²) >= 11 is 7.31. The Morgan fingerprint density at radius 2 is 2.43 bits per heavy atom. The van der Waals surface area contributed by atoms with Gasteiger partial charge < -0.3 is 9.64 Å². The summed E-state index contributed by atoms with van der Waals surface area (Å²) in [5.74, 6) is 0. The highest BCUT2D eigenvalue weighted by Crippen LogP contribution is 2.30. The predicted octanol–water partition coefficient (Wildman–Crippen LogP) is 3.77. The van der Waals surface area contributed by atoms with Gasteiger partial charge in [0, 0.05) is 17.8 Å². The summed E-state index contributed by atoms with van der Waals surface area (Å²) in [6.45, 7) is 4.06. The second-order valence-electron chi connectivity index (χ2n) is 5.41. The lowest BCUT2D eigenvalue weighted by Gasteiger charge is -2.26. The zero-order valence-corrected chi connectivity index (χ0v) is 14.6. The fraction of sp³-hybridized carbons (Fsp3) is 0.438. The molecule has 3 rings (SSSR count). The third-order valence-corrected chi connectivity index (χ3v) is 4.60. The molecule has 23 heavy (non-hydrogen) atoms. The fourth-order valence-electron chi connectivity index (χ4n) is 2.79. The zero-order chi connectivity index (χ0) is 16.1. The summed E-state index contributed by atoms with van der Waals surface area (Å²) in [7, 11) is 0. The molecule has 1 aliphatic rings. The Hall–Kier alpha value is -1.50. The first kappa shape index (κ1) is 16.4. The monoisotopic (exact) mass is 350 g/mol. The lowest BCUT2D eigenvalue weighted by Crippen LogP contribution is -2.33. The van der Waals surface area contributed by atoms with Gasteiger partial charge >= 0.3 is 0 Å². The van der Waals surface area contributed by atoms with Crippen LogP contribution in [0.4, 0.5) is 5.69 Å². The van der Waals surface area contributed by atoms with Gasteiger partial charge in [-0.15, -0.1) is 0 Å². The van der Waals surface area contributed by atoms with Crippen LogP contribution in [-0.4, -0.2) is 39.5 Å². The number of hydrogen-bond donors (Lipinski definition) is 0. The van der Waals surface area contributed by atoms with Gasteiger partial charge in [-0.1, -0.05) is 23.8 Å². The van der Waals surface area contributed by atoms with Crippen LogP contribution in [0.1, 0.15) is 19.8 Å². The van der Waals surface area contributed by atoms with Crippen LogP contribution in [0.3, 0.4) is 0 Å². The minimum absolute atomic E-state index is 0.341.